The van der Waals surface area contributed by atoms with Crippen molar-refractivity contribution in [3.8, 4) is 0 Å². The summed E-state index contributed by atoms with van der Waals surface area (Å²) in [5.74, 6) is -0.862. The minimum Gasteiger partial charge on any atom is -0.355 e. The van der Waals surface area contributed by atoms with E-state index in [4.69, 9.17) is 0 Å². The van der Waals surface area contributed by atoms with Crippen LogP contribution in [0.5, 0.6) is 0 Å². The zero-order chi connectivity index (χ0) is 15.5. The number of hydrogen-bond donors (Lipinski definition) is 2. The molecule has 1 aliphatic rings. The van der Waals surface area contributed by atoms with E-state index in [1.54, 1.807) is 24.3 Å². The van der Waals surface area contributed by atoms with Crippen LogP contribution in [0.4, 0.5) is 13.2 Å². The average molecular weight is 318 g/mol. The molecular weight excluding hydrogens is 305 g/mol. The number of nitrogens with one attached hydrogen (secondary N) is 2. The van der Waals surface area contributed by atoms with Crippen LogP contribution < -0.4 is 10.6 Å². The monoisotopic (exact) mass is 318 g/mol. The van der Waals surface area contributed by atoms with Crippen molar-refractivity contribution >= 4 is 23.6 Å². The fourth-order valence-electron chi connectivity index (χ4n) is 2.10. The number of carbonyl (C=O) groups excluding carboxylic acids is 2. The minimum absolute atomic E-state index is 0.0133. The fraction of sp³-hybridized carbons (Fsp3) is 0.385. The molecule has 1 aromatic rings. The Morgan fingerprint density at radius 3 is 2.76 bits per heavy atom. The Labute approximate surface area is 123 Å². The lowest BCUT2D eigenvalue weighted by Crippen LogP contribution is -2.30. The van der Waals surface area contributed by atoms with E-state index in [-0.39, 0.29) is 42.3 Å². The van der Waals surface area contributed by atoms with E-state index in [0.29, 0.717) is 5.56 Å². The van der Waals surface area contributed by atoms with Gasteiger partial charge in [-0.05, 0) is 23.4 Å². The number of amides is 2. The molecule has 0 spiro atoms. The van der Waals surface area contributed by atoms with Crippen LogP contribution >= 0.6 is 11.8 Å². The van der Waals surface area contributed by atoms with E-state index in [1.807, 2.05) is 0 Å². The van der Waals surface area contributed by atoms with Crippen LogP contribution in [0.1, 0.15) is 28.4 Å². The van der Waals surface area contributed by atoms with Crippen LogP contribution in [0.25, 0.3) is 0 Å². The van der Waals surface area contributed by atoms with E-state index >= 15 is 0 Å². The quantitative estimate of drug-likeness (QED) is 0.819. The van der Waals surface area contributed by atoms with Crippen molar-refractivity contribution in [1.82, 2.24) is 10.6 Å². The molecule has 0 aliphatic carbocycles. The van der Waals surface area contributed by atoms with Crippen molar-refractivity contribution < 1.29 is 22.8 Å². The first kappa shape index (κ1) is 15.7. The number of benzene rings is 1. The Balaban J connectivity index is 1.81. The maximum Gasteiger partial charge on any atom is 0.441 e. The Morgan fingerprint density at radius 1 is 1.33 bits per heavy atom. The fourth-order valence-corrected chi connectivity index (χ4v) is 2.53. The van der Waals surface area contributed by atoms with Crippen molar-refractivity contribution in [2.75, 3.05) is 12.3 Å². The number of halogens is 3. The number of hydrogen-bond acceptors (Lipinski definition) is 3. The maximum absolute atomic E-state index is 11.9. The normalized spacial score (nSPS) is 17.3. The SMILES string of the molecule is O=C(C[C@@H]1NC(=O)c2ccccc21)NCCSC(F)(F)F. The van der Waals surface area contributed by atoms with Gasteiger partial charge in [-0.1, -0.05) is 18.2 Å². The molecule has 1 aliphatic heterocycles. The first-order valence-corrected chi connectivity index (χ1v) is 7.22. The number of fused-ring (bicyclic) bond motifs is 1. The molecule has 0 fully saturated rings. The highest BCUT2D eigenvalue weighted by molar-refractivity contribution is 8.00. The molecule has 21 heavy (non-hydrogen) atoms. The molecule has 2 amide bonds. The molecule has 1 heterocycles. The molecule has 0 bridgehead atoms. The third kappa shape index (κ3) is 4.38. The van der Waals surface area contributed by atoms with Crippen molar-refractivity contribution in [2.24, 2.45) is 0 Å². The molecule has 0 radical (unpaired) electrons. The molecule has 8 heteroatoms. The van der Waals surface area contributed by atoms with Gasteiger partial charge < -0.3 is 10.6 Å². The maximum atomic E-state index is 11.9. The van der Waals surface area contributed by atoms with Gasteiger partial charge in [0.05, 0.1) is 12.5 Å². The average Bonchev–Trinajstić information content (AvgIpc) is 2.71. The molecular formula is C13H13F3N2O2S. The predicted molar refractivity (Wildman–Crippen MR) is 72.8 cm³/mol. The second-order valence-electron chi connectivity index (χ2n) is 4.46. The van der Waals surface area contributed by atoms with E-state index in [1.165, 1.54) is 0 Å². The van der Waals surface area contributed by atoms with E-state index in [0.717, 1.165) is 5.56 Å². The first-order valence-electron chi connectivity index (χ1n) is 6.24. The van der Waals surface area contributed by atoms with Crippen LogP contribution in [0.3, 0.4) is 0 Å². The summed E-state index contributed by atoms with van der Waals surface area (Å²) in [6.07, 6.45) is 0.0133. The van der Waals surface area contributed by atoms with Crippen molar-refractivity contribution in [1.29, 1.82) is 0 Å². The standard InChI is InChI=1S/C13H13F3N2O2S/c14-13(15,16)21-6-5-17-11(19)7-10-8-3-1-2-4-9(8)12(20)18-10/h1-4,10H,5-7H2,(H,17,19)(H,18,20)/t10-/m0/s1. The molecule has 2 rings (SSSR count). The Bertz CT molecular complexity index is 548. The molecule has 0 saturated heterocycles. The largest absolute Gasteiger partial charge is 0.441 e. The Morgan fingerprint density at radius 2 is 2.05 bits per heavy atom. The molecule has 114 valence electrons. The van der Waals surface area contributed by atoms with Crippen molar-refractivity contribution in [3.05, 3.63) is 35.4 Å². The summed E-state index contributed by atoms with van der Waals surface area (Å²) in [5, 5.41) is 5.10. The molecule has 1 aromatic carbocycles. The second kappa shape index (κ2) is 6.38. The van der Waals surface area contributed by atoms with Crippen molar-refractivity contribution in [2.45, 2.75) is 18.0 Å². The number of carbonyl (C=O) groups is 2. The summed E-state index contributed by atoms with van der Waals surface area (Å²) in [7, 11) is 0. The number of rotatable bonds is 5. The molecule has 1 atom stereocenters. The number of thioether (sulfide) groups is 1. The highest BCUT2D eigenvalue weighted by Crippen LogP contribution is 2.29. The smallest absolute Gasteiger partial charge is 0.355 e. The first-order chi connectivity index (χ1) is 9.87. The van der Waals surface area contributed by atoms with Gasteiger partial charge in [-0.15, -0.1) is 0 Å². The molecule has 0 aromatic heterocycles. The van der Waals surface area contributed by atoms with E-state index in [2.05, 4.69) is 10.6 Å². The van der Waals surface area contributed by atoms with Crippen LogP contribution in [0, 0.1) is 0 Å². The lowest BCUT2D eigenvalue weighted by Gasteiger charge is -2.12. The zero-order valence-electron chi connectivity index (χ0n) is 10.9. The zero-order valence-corrected chi connectivity index (χ0v) is 11.7. The van der Waals surface area contributed by atoms with Crippen LogP contribution in [0.15, 0.2) is 24.3 Å². The highest BCUT2D eigenvalue weighted by atomic mass is 32.2. The van der Waals surface area contributed by atoms with Gasteiger partial charge in [0.1, 0.15) is 0 Å². The van der Waals surface area contributed by atoms with E-state index < -0.39 is 11.6 Å². The van der Waals surface area contributed by atoms with Gasteiger partial charge in [-0.3, -0.25) is 9.59 Å². The molecule has 0 unspecified atom stereocenters. The Kier molecular flexibility index (Phi) is 4.76. The summed E-state index contributed by atoms with van der Waals surface area (Å²) in [6.45, 7) is -0.0642. The summed E-state index contributed by atoms with van der Waals surface area (Å²) in [5.41, 5.74) is -3.02. The van der Waals surface area contributed by atoms with Gasteiger partial charge in [0.25, 0.3) is 5.91 Å². The van der Waals surface area contributed by atoms with Gasteiger partial charge in [0.15, 0.2) is 0 Å². The third-order valence-electron chi connectivity index (χ3n) is 2.97. The van der Waals surface area contributed by atoms with E-state index in [9.17, 15) is 22.8 Å². The second-order valence-corrected chi connectivity index (χ2v) is 5.62. The number of alkyl halides is 3. The van der Waals surface area contributed by atoms with Gasteiger partial charge in [-0.25, -0.2) is 0 Å². The lowest BCUT2D eigenvalue weighted by atomic mass is 10.0. The molecule has 0 saturated carbocycles. The topological polar surface area (TPSA) is 58.2 Å². The summed E-state index contributed by atoms with van der Waals surface area (Å²) < 4.78 is 35.8. The molecule has 4 nitrogen and oxygen atoms in total. The van der Waals surface area contributed by atoms with Crippen LogP contribution in [-0.2, 0) is 4.79 Å². The van der Waals surface area contributed by atoms with Crippen LogP contribution in [-0.4, -0.2) is 29.6 Å². The van der Waals surface area contributed by atoms with Gasteiger partial charge in [0, 0.05) is 17.9 Å². The van der Waals surface area contributed by atoms with Gasteiger partial charge in [-0.2, -0.15) is 13.2 Å². The molecule has 2 N–H and O–H groups in total. The third-order valence-corrected chi connectivity index (χ3v) is 3.70. The van der Waals surface area contributed by atoms with Gasteiger partial charge >= 0.3 is 5.51 Å². The highest BCUT2D eigenvalue weighted by Gasteiger charge is 2.30. The Hall–Kier alpha value is -1.70. The predicted octanol–water partition coefficient (Wildman–Crippen LogP) is 2.23. The summed E-state index contributed by atoms with van der Waals surface area (Å²) >= 11 is -0.177. The minimum atomic E-state index is -4.29. The van der Waals surface area contributed by atoms with Crippen LogP contribution in [0.2, 0.25) is 0 Å². The van der Waals surface area contributed by atoms with Crippen molar-refractivity contribution in [3.63, 3.8) is 0 Å². The lowest BCUT2D eigenvalue weighted by molar-refractivity contribution is -0.121. The van der Waals surface area contributed by atoms with Gasteiger partial charge in [0.2, 0.25) is 5.91 Å². The summed E-state index contributed by atoms with van der Waals surface area (Å²) in [4.78, 5) is 23.3. The summed E-state index contributed by atoms with van der Waals surface area (Å²) in [6, 6.07) is 6.50.